The van der Waals surface area contributed by atoms with Gasteiger partial charge in [0.05, 0.1) is 13.5 Å². The van der Waals surface area contributed by atoms with E-state index < -0.39 is 0 Å². The molecule has 0 saturated heterocycles. The van der Waals surface area contributed by atoms with Crippen molar-refractivity contribution in [1.29, 1.82) is 0 Å². The second kappa shape index (κ2) is 7.43. The minimum atomic E-state index is -0.165. The van der Waals surface area contributed by atoms with Gasteiger partial charge in [-0.3, -0.25) is 4.79 Å². The number of ether oxygens (including phenoxy) is 1. The van der Waals surface area contributed by atoms with E-state index in [4.69, 9.17) is 5.73 Å². The first-order chi connectivity index (χ1) is 5.74. The smallest absolute Gasteiger partial charge is 0.305 e. The summed E-state index contributed by atoms with van der Waals surface area (Å²) in [6.45, 7) is 2.65. The standard InChI is InChI=1S/C8H17NO2S/c1-3-12-6-7(5-9)4-8(10)11-2/h7H,3-6,9H2,1-2H3. The normalized spacial score (nSPS) is 12.6. The van der Waals surface area contributed by atoms with E-state index in [1.54, 1.807) is 11.8 Å². The highest BCUT2D eigenvalue weighted by atomic mass is 32.2. The number of rotatable bonds is 6. The van der Waals surface area contributed by atoms with E-state index in [0.717, 1.165) is 11.5 Å². The predicted molar refractivity (Wildman–Crippen MR) is 52.2 cm³/mol. The van der Waals surface area contributed by atoms with Crippen LogP contribution >= 0.6 is 11.8 Å². The summed E-state index contributed by atoms with van der Waals surface area (Å²) < 4.78 is 4.56. The number of carbonyl (C=O) groups is 1. The Kier molecular flexibility index (Phi) is 7.29. The van der Waals surface area contributed by atoms with Gasteiger partial charge in [-0.1, -0.05) is 6.92 Å². The van der Waals surface area contributed by atoms with Gasteiger partial charge in [-0.05, 0) is 24.0 Å². The molecule has 0 fully saturated rings. The average molecular weight is 191 g/mol. The van der Waals surface area contributed by atoms with Crippen LogP contribution in [-0.2, 0) is 9.53 Å². The van der Waals surface area contributed by atoms with Crippen molar-refractivity contribution in [1.82, 2.24) is 0 Å². The van der Waals surface area contributed by atoms with Crippen LogP contribution in [0, 0.1) is 5.92 Å². The van der Waals surface area contributed by atoms with Crippen LogP contribution < -0.4 is 5.73 Å². The van der Waals surface area contributed by atoms with Gasteiger partial charge in [0.25, 0.3) is 0 Å². The van der Waals surface area contributed by atoms with Crippen molar-refractivity contribution in [2.24, 2.45) is 11.7 Å². The van der Waals surface area contributed by atoms with Crippen molar-refractivity contribution in [3.63, 3.8) is 0 Å². The number of esters is 1. The molecular weight excluding hydrogens is 174 g/mol. The largest absolute Gasteiger partial charge is 0.469 e. The predicted octanol–water partition coefficient (Wildman–Crippen LogP) is 0.878. The van der Waals surface area contributed by atoms with Crippen LogP contribution in [-0.4, -0.2) is 31.1 Å². The molecule has 0 saturated carbocycles. The van der Waals surface area contributed by atoms with Crippen LogP contribution in [0.1, 0.15) is 13.3 Å². The van der Waals surface area contributed by atoms with E-state index in [2.05, 4.69) is 11.7 Å². The van der Waals surface area contributed by atoms with E-state index >= 15 is 0 Å². The van der Waals surface area contributed by atoms with Crippen molar-refractivity contribution in [3.8, 4) is 0 Å². The molecule has 0 aromatic rings. The van der Waals surface area contributed by atoms with Crippen LogP contribution in [0.2, 0.25) is 0 Å². The molecule has 1 atom stereocenters. The molecule has 3 nitrogen and oxygen atoms in total. The molecule has 0 aliphatic carbocycles. The van der Waals surface area contributed by atoms with Gasteiger partial charge in [0.1, 0.15) is 0 Å². The third-order valence-corrected chi connectivity index (χ3v) is 2.69. The van der Waals surface area contributed by atoms with E-state index in [9.17, 15) is 4.79 Å². The van der Waals surface area contributed by atoms with Crippen molar-refractivity contribution >= 4 is 17.7 Å². The SMILES string of the molecule is CCSCC(CN)CC(=O)OC. The molecule has 0 amide bonds. The molecule has 0 heterocycles. The molecule has 0 aromatic carbocycles. The van der Waals surface area contributed by atoms with Crippen molar-refractivity contribution < 1.29 is 9.53 Å². The summed E-state index contributed by atoms with van der Waals surface area (Å²) in [5.74, 6) is 2.12. The molecule has 12 heavy (non-hydrogen) atoms. The summed E-state index contributed by atoms with van der Waals surface area (Å²) in [5.41, 5.74) is 5.50. The Balaban J connectivity index is 3.59. The molecule has 2 N–H and O–H groups in total. The van der Waals surface area contributed by atoms with Crippen LogP contribution in [0.5, 0.6) is 0 Å². The topological polar surface area (TPSA) is 52.3 Å². The van der Waals surface area contributed by atoms with Gasteiger partial charge in [0.15, 0.2) is 0 Å². The highest BCUT2D eigenvalue weighted by Crippen LogP contribution is 2.11. The Hall–Kier alpha value is -0.220. The number of thioether (sulfide) groups is 1. The first-order valence-electron chi connectivity index (χ1n) is 4.09. The van der Waals surface area contributed by atoms with Gasteiger partial charge >= 0.3 is 5.97 Å². The molecule has 0 spiro atoms. The Morgan fingerprint density at radius 2 is 2.33 bits per heavy atom. The maximum atomic E-state index is 10.9. The average Bonchev–Trinajstić information content (AvgIpc) is 2.11. The highest BCUT2D eigenvalue weighted by Gasteiger charge is 2.11. The Bertz CT molecular complexity index is 130. The van der Waals surface area contributed by atoms with Gasteiger partial charge in [0.2, 0.25) is 0 Å². The minimum Gasteiger partial charge on any atom is -0.469 e. The Labute approximate surface area is 78.0 Å². The number of hydrogen-bond acceptors (Lipinski definition) is 4. The van der Waals surface area contributed by atoms with E-state index in [1.807, 2.05) is 0 Å². The van der Waals surface area contributed by atoms with E-state index in [-0.39, 0.29) is 11.9 Å². The van der Waals surface area contributed by atoms with Crippen LogP contribution in [0.25, 0.3) is 0 Å². The molecule has 1 unspecified atom stereocenters. The molecule has 4 heteroatoms. The second-order valence-electron chi connectivity index (χ2n) is 2.54. The van der Waals surface area contributed by atoms with Gasteiger partial charge < -0.3 is 10.5 Å². The van der Waals surface area contributed by atoms with Crippen LogP contribution in [0.4, 0.5) is 0 Å². The molecule has 0 bridgehead atoms. The monoisotopic (exact) mass is 191 g/mol. The molecule has 72 valence electrons. The summed E-state index contributed by atoms with van der Waals surface area (Å²) in [7, 11) is 1.41. The summed E-state index contributed by atoms with van der Waals surface area (Å²) in [6.07, 6.45) is 0.444. The molecule has 0 aromatic heterocycles. The first-order valence-corrected chi connectivity index (χ1v) is 5.24. The lowest BCUT2D eigenvalue weighted by Crippen LogP contribution is -2.21. The summed E-state index contributed by atoms with van der Waals surface area (Å²) in [5, 5.41) is 0. The first kappa shape index (κ1) is 11.8. The fraction of sp³-hybridized carbons (Fsp3) is 0.875. The molecule has 0 aliphatic rings. The third-order valence-electron chi connectivity index (χ3n) is 1.57. The fourth-order valence-corrected chi connectivity index (χ4v) is 1.64. The van der Waals surface area contributed by atoms with E-state index in [1.165, 1.54) is 7.11 Å². The summed E-state index contributed by atoms with van der Waals surface area (Å²) >= 11 is 1.81. The number of carbonyl (C=O) groups excluding carboxylic acids is 1. The lowest BCUT2D eigenvalue weighted by Gasteiger charge is -2.11. The van der Waals surface area contributed by atoms with Crippen LogP contribution in [0.3, 0.4) is 0 Å². The maximum absolute atomic E-state index is 10.9. The Morgan fingerprint density at radius 3 is 2.75 bits per heavy atom. The quantitative estimate of drug-likeness (QED) is 0.633. The van der Waals surface area contributed by atoms with Crippen LogP contribution in [0.15, 0.2) is 0 Å². The number of methoxy groups -OCH3 is 1. The second-order valence-corrected chi connectivity index (χ2v) is 3.86. The molecular formula is C8H17NO2S. The Morgan fingerprint density at radius 1 is 1.67 bits per heavy atom. The fourth-order valence-electron chi connectivity index (χ4n) is 0.814. The zero-order valence-electron chi connectivity index (χ0n) is 7.71. The van der Waals surface area contributed by atoms with Gasteiger partial charge in [-0.25, -0.2) is 0 Å². The lowest BCUT2D eigenvalue weighted by atomic mass is 10.1. The van der Waals surface area contributed by atoms with Crippen molar-refractivity contribution in [3.05, 3.63) is 0 Å². The maximum Gasteiger partial charge on any atom is 0.305 e. The summed E-state index contributed by atoms with van der Waals surface area (Å²) in [4.78, 5) is 10.9. The highest BCUT2D eigenvalue weighted by molar-refractivity contribution is 7.99. The summed E-state index contributed by atoms with van der Waals surface area (Å²) in [6, 6.07) is 0. The number of nitrogens with two attached hydrogens (primary N) is 1. The van der Waals surface area contributed by atoms with Gasteiger partial charge in [-0.2, -0.15) is 11.8 Å². The minimum absolute atomic E-state index is 0.165. The van der Waals surface area contributed by atoms with Crippen molar-refractivity contribution in [2.45, 2.75) is 13.3 Å². The van der Waals surface area contributed by atoms with Crippen molar-refractivity contribution in [2.75, 3.05) is 25.2 Å². The lowest BCUT2D eigenvalue weighted by molar-refractivity contribution is -0.141. The third kappa shape index (κ3) is 5.43. The zero-order valence-corrected chi connectivity index (χ0v) is 8.52. The molecule has 0 aliphatic heterocycles. The van der Waals surface area contributed by atoms with E-state index in [0.29, 0.717) is 13.0 Å². The van der Waals surface area contributed by atoms with Gasteiger partial charge in [-0.15, -0.1) is 0 Å². The van der Waals surface area contributed by atoms with Gasteiger partial charge in [0, 0.05) is 0 Å². The zero-order chi connectivity index (χ0) is 9.40. The molecule has 0 rings (SSSR count). The number of hydrogen-bond donors (Lipinski definition) is 1. The molecule has 0 radical (unpaired) electrons.